The van der Waals surface area contributed by atoms with Gasteiger partial charge in [0.05, 0.1) is 22.3 Å². The Morgan fingerprint density at radius 1 is 1.07 bits per heavy atom. The molecule has 1 aliphatic rings. The highest BCUT2D eigenvalue weighted by molar-refractivity contribution is 7.90. The van der Waals surface area contributed by atoms with Crippen LogP contribution in [-0.4, -0.2) is 59.3 Å². The number of amides is 1. The molecule has 11 heteroatoms. The predicted octanol–water partition coefficient (Wildman–Crippen LogP) is 3.14. The average molecular weight is 580 g/mol. The van der Waals surface area contributed by atoms with Crippen LogP contribution in [0.25, 0.3) is 28.1 Å². The molecule has 0 bridgehead atoms. The van der Waals surface area contributed by atoms with Crippen LogP contribution in [0.5, 0.6) is 0 Å². The molecule has 0 unspecified atom stereocenters. The average Bonchev–Trinajstić information content (AvgIpc) is 3.08. The van der Waals surface area contributed by atoms with Gasteiger partial charge < -0.3 is 10.6 Å². The lowest BCUT2D eigenvalue weighted by molar-refractivity contribution is -0.127. The second kappa shape index (κ2) is 11.9. The summed E-state index contributed by atoms with van der Waals surface area (Å²) in [7, 11) is -1.80. The summed E-state index contributed by atoms with van der Waals surface area (Å²) in [6.07, 6.45) is 4.95. The van der Waals surface area contributed by atoms with Crippen molar-refractivity contribution < 1.29 is 13.2 Å². The molecule has 0 fully saturated rings. The molecule has 0 radical (unpaired) electrons. The molecule has 0 aliphatic carbocycles. The van der Waals surface area contributed by atoms with Gasteiger partial charge in [0.2, 0.25) is 5.91 Å². The van der Waals surface area contributed by atoms with Crippen molar-refractivity contribution in [3.8, 4) is 11.1 Å². The van der Waals surface area contributed by atoms with E-state index in [1.165, 1.54) is 4.57 Å². The van der Waals surface area contributed by atoms with E-state index in [1.54, 1.807) is 25.2 Å². The molecule has 1 amide bonds. The first-order chi connectivity index (χ1) is 19.3. The van der Waals surface area contributed by atoms with Gasteiger partial charge in [-0.15, -0.1) is 0 Å². The summed E-state index contributed by atoms with van der Waals surface area (Å²) < 4.78 is 25.6. The molecule has 1 aliphatic heterocycles. The number of rotatable bonds is 9. The number of carbonyl (C=O) groups excluding carboxylic acids is 1. The molecule has 1 aromatic heterocycles. The van der Waals surface area contributed by atoms with E-state index in [9.17, 15) is 22.8 Å². The lowest BCUT2D eigenvalue weighted by atomic mass is 9.96. The molecule has 10 nitrogen and oxygen atoms in total. The van der Waals surface area contributed by atoms with E-state index in [-0.39, 0.29) is 24.6 Å². The van der Waals surface area contributed by atoms with Gasteiger partial charge in [-0.1, -0.05) is 26.0 Å². The molecule has 3 aromatic rings. The van der Waals surface area contributed by atoms with E-state index in [4.69, 9.17) is 5.73 Å². The van der Waals surface area contributed by atoms with Crippen LogP contribution < -0.4 is 17.0 Å². The minimum absolute atomic E-state index is 0.0270. The second-order valence-electron chi connectivity index (χ2n) is 10.6. The fraction of sp³-hybridized carbons (Fsp3) is 0.400. The van der Waals surface area contributed by atoms with E-state index >= 15 is 0 Å². The van der Waals surface area contributed by atoms with Gasteiger partial charge in [0.15, 0.2) is 0 Å². The number of carbonyl (C=O) groups is 1. The van der Waals surface area contributed by atoms with Crippen molar-refractivity contribution in [3.05, 3.63) is 67.9 Å². The lowest BCUT2D eigenvalue weighted by Gasteiger charge is -2.22. The van der Waals surface area contributed by atoms with Crippen LogP contribution in [0.1, 0.15) is 44.2 Å². The zero-order valence-corrected chi connectivity index (χ0v) is 25.0. The minimum Gasteiger partial charge on any atom is -0.387 e. The van der Waals surface area contributed by atoms with Gasteiger partial charge in [-0.25, -0.2) is 18.2 Å². The largest absolute Gasteiger partial charge is 0.387 e. The summed E-state index contributed by atoms with van der Waals surface area (Å²) in [5.41, 5.74) is 10.2. The number of hydrogen-bond acceptors (Lipinski definition) is 7. The van der Waals surface area contributed by atoms with Crippen molar-refractivity contribution in [2.75, 3.05) is 25.1 Å². The number of fused-ring (bicyclic) bond motifs is 2. The summed E-state index contributed by atoms with van der Waals surface area (Å²) in [6, 6.07) is 9.08. The standard InChI is InChI=1S/C30H37N5O5S/c1-6-10-34(11-7-2)28(36)22-15-24-19(3)14-21(16-25(24)32-27(31)18-22)20-8-9-23-26(17-20)33(4)30(38)35(29(23)37)12-13-41(5,39)40/h8-9,14-17H,6-7,10-13,18H2,1-5H3,(H2,31,32). The van der Waals surface area contributed by atoms with Crippen molar-refractivity contribution in [2.45, 2.75) is 46.6 Å². The summed E-state index contributed by atoms with van der Waals surface area (Å²) in [5.74, 6) is 0.0186. The zero-order valence-electron chi connectivity index (χ0n) is 24.2. The van der Waals surface area contributed by atoms with Crippen LogP contribution in [0.3, 0.4) is 0 Å². The smallest absolute Gasteiger partial charge is 0.331 e. The third-order valence-corrected chi connectivity index (χ3v) is 8.16. The Balaban J connectivity index is 1.79. The number of aliphatic imine (C=N–C) groups is 1. The summed E-state index contributed by atoms with van der Waals surface area (Å²) in [5, 5.41) is 0.313. The summed E-state index contributed by atoms with van der Waals surface area (Å²) in [4.78, 5) is 45.9. The van der Waals surface area contributed by atoms with E-state index in [2.05, 4.69) is 4.99 Å². The van der Waals surface area contributed by atoms with E-state index < -0.39 is 21.1 Å². The van der Waals surface area contributed by atoms with Crippen molar-refractivity contribution >= 4 is 44.2 Å². The van der Waals surface area contributed by atoms with Gasteiger partial charge in [0.25, 0.3) is 5.56 Å². The van der Waals surface area contributed by atoms with Gasteiger partial charge in [0, 0.05) is 50.5 Å². The van der Waals surface area contributed by atoms with Crippen molar-refractivity contribution in [2.24, 2.45) is 17.8 Å². The SMILES string of the molecule is CCCN(CCC)C(=O)C1=Cc2c(C)cc(-c3ccc4c(=O)n(CCS(C)(=O)=O)c(=O)n(C)c4c3)cc2N=C(N)C1. The van der Waals surface area contributed by atoms with Gasteiger partial charge in [0.1, 0.15) is 15.7 Å². The number of hydrogen-bond donors (Lipinski definition) is 1. The molecular weight excluding hydrogens is 542 g/mol. The third kappa shape index (κ3) is 6.35. The molecule has 0 spiro atoms. The van der Waals surface area contributed by atoms with Crippen molar-refractivity contribution in [1.29, 1.82) is 0 Å². The maximum absolute atomic E-state index is 13.4. The number of aromatic nitrogens is 2. The first-order valence-electron chi connectivity index (χ1n) is 13.7. The number of benzene rings is 2. The molecule has 0 atom stereocenters. The first kappa shape index (κ1) is 30.0. The quantitative estimate of drug-likeness (QED) is 0.414. The highest BCUT2D eigenvalue weighted by atomic mass is 32.2. The highest BCUT2D eigenvalue weighted by Gasteiger charge is 2.22. The van der Waals surface area contributed by atoms with Gasteiger partial charge in [-0.05, 0) is 60.7 Å². The lowest BCUT2D eigenvalue weighted by Crippen LogP contribution is -2.40. The highest BCUT2D eigenvalue weighted by Crippen LogP contribution is 2.35. The fourth-order valence-electron chi connectivity index (χ4n) is 5.18. The van der Waals surface area contributed by atoms with Gasteiger partial charge in [-0.3, -0.25) is 18.7 Å². The van der Waals surface area contributed by atoms with Crippen LogP contribution >= 0.6 is 0 Å². The topological polar surface area (TPSA) is 137 Å². The van der Waals surface area contributed by atoms with Gasteiger partial charge in [-0.2, -0.15) is 0 Å². The van der Waals surface area contributed by atoms with Crippen molar-refractivity contribution in [1.82, 2.24) is 14.0 Å². The van der Waals surface area contributed by atoms with Crippen LogP contribution in [0, 0.1) is 6.92 Å². The van der Waals surface area contributed by atoms with Crippen LogP contribution in [0.4, 0.5) is 5.69 Å². The number of sulfone groups is 1. The van der Waals surface area contributed by atoms with E-state index in [0.717, 1.165) is 45.9 Å². The van der Waals surface area contributed by atoms with Crippen LogP contribution in [-0.2, 0) is 28.2 Å². The van der Waals surface area contributed by atoms with Crippen LogP contribution in [0.2, 0.25) is 0 Å². The molecule has 0 saturated carbocycles. The predicted molar refractivity (Wildman–Crippen MR) is 164 cm³/mol. The van der Waals surface area contributed by atoms with Crippen LogP contribution in [0.15, 0.2) is 50.5 Å². The number of aryl methyl sites for hydroxylation is 2. The minimum atomic E-state index is -3.35. The monoisotopic (exact) mass is 579 g/mol. The Morgan fingerprint density at radius 2 is 1.76 bits per heavy atom. The molecule has 218 valence electrons. The number of nitrogens with zero attached hydrogens (tertiary/aromatic N) is 4. The summed E-state index contributed by atoms with van der Waals surface area (Å²) >= 11 is 0. The summed E-state index contributed by atoms with van der Waals surface area (Å²) in [6.45, 7) is 7.20. The van der Waals surface area contributed by atoms with Gasteiger partial charge >= 0.3 is 5.69 Å². The number of amidine groups is 1. The maximum Gasteiger partial charge on any atom is 0.331 e. The second-order valence-corrected chi connectivity index (χ2v) is 12.9. The fourth-order valence-corrected chi connectivity index (χ4v) is 5.69. The molecule has 0 saturated heterocycles. The normalized spacial score (nSPS) is 13.4. The Hall–Kier alpha value is -3.99. The van der Waals surface area contributed by atoms with E-state index in [0.29, 0.717) is 41.1 Å². The number of nitrogens with two attached hydrogens (primary N) is 1. The van der Waals surface area contributed by atoms with Crippen molar-refractivity contribution in [3.63, 3.8) is 0 Å². The molecule has 4 rings (SSSR count). The Bertz CT molecular complexity index is 1810. The Labute approximate surface area is 239 Å². The zero-order chi connectivity index (χ0) is 30.1. The molecule has 2 aromatic carbocycles. The first-order valence-corrected chi connectivity index (χ1v) is 15.8. The molecule has 2 heterocycles. The molecule has 41 heavy (non-hydrogen) atoms. The van der Waals surface area contributed by atoms with E-state index in [1.807, 2.05) is 43.9 Å². The Morgan fingerprint density at radius 3 is 2.39 bits per heavy atom. The Kier molecular flexibility index (Phi) is 8.67. The molecule has 2 N–H and O–H groups in total. The third-order valence-electron chi connectivity index (χ3n) is 7.24. The molecular formula is C30H37N5O5S. The maximum atomic E-state index is 13.4.